The summed E-state index contributed by atoms with van der Waals surface area (Å²) in [5.41, 5.74) is 0.181. The third kappa shape index (κ3) is 3.40. The third-order valence-corrected chi connectivity index (χ3v) is 3.78. The molecular weight excluding hydrogens is 250 g/mol. The molecule has 0 amide bonds. The molecule has 0 radical (unpaired) electrons. The van der Waals surface area contributed by atoms with Gasteiger partial charge in [-0.3, -0.25) is 5.32 Å². The summed E-state index contributed by atoms with van der Waals surface area (Å²) in [5.74, 6) is -0.0977. The summed E-state index contributed by atoms with van der Waals surface area (Å²) in [6.45, 7) is 10.6. The normalized spacial score (nSPS) is 15.7. The van der Waals surface area contributed by atoms with Crippen molar-refractivity contribution in [2.45, 2.75) is 52.6 Å². The first kappa shape index (κ1) is 16.7. The topological polar surface area (TPSA) is 38.3 Å². The van der Waals surface area contributed by atoms with E-state index in [2.05, 4.69) is 33.0 Å². The van der Waals surface area contributed by atoms with Crippen molar-refractivity contribution in [3.8, 4) is 0 Å². The SMILES string of the molecule is CCOC(=O)C(NC(C)CC)(c1ccccc1)C(C)C. The van der Waals surface area contributed by atoms with Crippen LogP contribution in [0.3, 0.4) is 0 Å². The molecule has 0 aliphatic rings. The molecule has 0 aliphatic carbocycles. The highest BCUT2D eigenvalue weighted by molar-refractivity contribution is 5.83. The summed E-state index contributed by atoms with van der Waals surface area (Å²) in [5, 5.41) is 3.51. The van der Waals surface area contributed by atoms with Crippen LogP contribution in [0.5, 0.6) is 0 Å². The maximum atomic E-state index is 12.7. The molecule has 1 aromatic rings. The number of carbonyl (C=O) groups is 1. The van der Waals surface area contributed by atoms with Crippen molar-refractivity contribution in [1.29, 1.82) is 0 Å². The Labute approximate surface area is 122 Å². The second kappa shape index (κ2) is 7.44. The van der Waals surface area contributed by atoms with Crippen LogP contribution in [0.25, 0.3) is 0 Å². The van der Waals surface area contributed by atoms with Crippen LogP contribution in [0.4, 0.5) is 0 Å². The highest BCUT2D eigenvalue weighted by Gasteiger charge is 2.45. The highest BCUT2D eigenvalue weighted by atomic mass is 16.5. The van der Waals surface area contributed by atoms with Gasteiger partial charge in [-0.2, -0.15) is 0 Å². The zero-order valence-electron chi connectivity index (χ0n) is 13.3. The van der Waals surface area contributed by atoms with Gasteiger partial charge in [0.2, 0.25) is 0 Å². The molecule has 3 nitrogen and oxygen atoms in total. The van der Waals surface area contributed by atoms with Crippen molar-refractivity contribution < 1.29 is 9.53 Å². The van der Waals surface area contributed by atoms with E-state index in [1.807, 2.05) is 37.3 Å². The molecule has 1 aromatic carbocycles. The first-order valence-corrected chi connectivity index (χ1v) is 7.49. The molecule has 0 aliphatic heterocycles. The maximum Gasteiger partial charge on any atom is 0.331 e. The van der Waals surface area contributed by atoms with Crippen LogP contribution in [0.15, 0.2) is 30.3 Å². The first-order valence-electron chi connectivity index (χ1n) is 7.49. The zero-order valence-corrected chi connectivity index (χ0v) is 13.3. The number of nitrogens with one attached hydrogen (secondary N) is 1. The van der Waals surface area contributed by atoms with Gasteiger partial charge >= 0.3 is 5.97 Å². The van der Waals surface area contributed by atoms with E-state index in [0.29, 0.717) is 6.61 Å². The van der Waals surface area contributed by atoms with E-state index in [4.69, 9.17) is 4.74 Å². The molecule has 3 heteroatoms. The second-order valence-electron chi connectivity index (χ2n) is 5.50. The van der Waals surface area contributed by atoms with Gasteiger partial charge in [-0.25, -0.2) is 4.79 Å². The van der Waals surface area contributed by atoms with Gasteiger partial charge in [0.15, 0.2) is 0 Å². The van der Waals surface area contributed by atoms with Crippen LogP contribution in [-0.2, 0) is 15.1 Å². The summed E-state index contributed by atoms with van der Waals surface area (Å²) < 4.78 is 5.37. The third-order valence-electron chi connectivity index (χ3n) is 3.78. The van der Waals surface area contributed by atoms with Gasteiger partial charge in [-0.1, -0.05) is 51.1 Å². The lowest BCUT2D eigenvalue weighted by molar-refractivity contribution is -0.154. The Kier molecular flexibility index (Phi) is 6.21. The number of rotatable bonds is 7. The molecule has 1 rings (SSSR count). The second-order valence-corrected chi connectivity index (χ2v) is 5.50. The average Bonchev–Trinajstić information content (AvgIpc) is 2.45. The molecule has 2 unspecified atom stereocenters. The monoisotopic (exact) mass is 277 g/mol. The molecule has 0 saturated carbocycles. The Hall–Kier alpha value is -1.35. The van der Waals surface area contributed by atoms with Crippen molar-refractivity contribution in [3.05, 3.63) is 35.9 Å². The van der Waals surface area contributed by atoms with Gasteiger partial charge in [-0.05, 0) is 31.7 Å². The fraction of sp³-hybridized carbons (Fsp3) is 0.588. The van der Waals surface area contributed by atoms with Crippen LogP contribution < -0.4 is 5.32 Å². The summed E-state index contributed by atoms with van der Waals surface area (Å²) in [6.07, 6.45) is 0.959. The van der Waals surface area contributed by atoms with E-state index in [1.54, 1.807) is 0 Å². The van der Waals surface area contributed by atoms with Crippen LogP contribution in [0.1, 0.15) is 46.6 Å². The largest absolute Gasteiger partial charge is 0.464 e. The van der Waals surface area contributed by atoms with Gasteiger partial charge in [0, 0.05) is 6.04 Å². The molecule has 0 bridgehead atoms. The van der Waals surface area contributed by atoms with Gasteiger partial charge in [0.05, 0.1) is 6.61 Å². The Morgan fingerprint density at radius 2 is 1.80 bits per heavy atom. The molecular formula is C17H27NO2. The predicted octanol–water partition coefficient (Wildman–Crippen LogP) is 3.49. The number of hydrogen-bond donors (Lipinski definition) is 1. The lowest BCUT2D eigenvalue weighted by atomic mass is 9.79. The number of benzene rings is 1. The minimum atomic E-state index is -0.785. The molecule has 0 fully saturated rings. The zero-order chi connectivity index (χ0) is 15.2. The summed E-state index contributed by atoms with van der Waals surface area (Å²) in [7, 11) is 0. The average molecular weight is 277 g/mol. The van der Waals surface area contributed by atoms with Crippen molar-refractivity contribution in [2.24, 2.45) is 5.92 Å². The Bertz CT molecular complexity index is 416. The molecule has 112 valence electrons. The minimum absolute atomic E-state index is 0.0953. The smallest absolute Gasteiger partial charge is 0.331 e. The minimum Gasteiger partial charge on any atom is -0.464 e. The molecule has 2 atom stereocenters. The van der Waals surface area contributed by atoms with Gasteiger partial charge < -0.3 is 4.74 Å². The van der Waals surface area contributed by atoms with Crippen molar-refractivity contribution in [2.75, 3.05) is 6.61 Å². The van der Waals surface area contributed by atoms with Crippen LogP contribution in [0.2, 0.25) is 0 Å². The lowest BCUT2D eigenvalue weighted by Gasteiger charge is -2.38. The van der Waals surface area contributed by atoms with E-state index < -0.39 is 5.54 Å². The highest BCUT2D eigenvalue weighted by Crippen LogP contribution is 2.32. The Morgan fingerprint density at radius 3 is 2.25 bits per heavy atom. The molecule has 0 saturated heterocycles. The van der Waals surface area contributed by atoms with E-state index in [-0.39, 0.29) is 17.9 Å². The molecule has 1 N–H and O–H groups in total. The molecule has 0 spiro atoms. The van der Waals surface area contributed by atoms with E-state index in [1.165, 1.54) is 0 Å². The number of carbonyl (C=O) groups excluding carboxylic acids is 1. The predicted molar refractivity (Wildman–Crippen MR) is 82.5 cm³/mol. The summed E-state index contributed by atoms with van der Waals surface area (Å²) >= 11 is 0. The van der Waals surface area contributed by atoms with Crippen LogP contribution >= 0.6 is 0 Å². The standard InChI is InChI=1S/C17H27NO2/c1-6-14(5)18-17(13(3)4,16(19)20-7-2)15-11-9-8-10-12-15/h8-14,18H,6-7H2,1-5H3. The van der Waals surface area contributed by atoms with Crippen molar-refractivity contribution in [3.63, 3.8) is 0 Å². The first-order chi connectivity index (χ1) is 9.48. The van der Waals surface area contributed by atoms with E-state index >= 15 is 0 Å². The number of hydrogen-bond acceptors (Lipinski definition) is 3. The number of esters is 1. The fourth-order valence-electron chi connectivity index (χ4n) is 2.43. The van der Waals surface area contributed by atoms with E-state index in [0.717, 1.165) is 12.0 Å². The molecule has 0 aromatic heterocycles. The number of ether oxygens (including phenoxy) is 1. The fourth-order valence-corrected chi connectivity index (χ4v) is 2.43. The van der Waals surface area contributed by atoms with Crippen molar-refractivity contribution >= 4 is 5.97 Å². The summed E-state index contributed by atoms with van der Waals surface area (Å²) in [4.78, 5) is 12.7. The molecule has 0 heterocycles. The Morgan fingerprint density at radius 1 is 1.20 bits per heavy atom. The lowest BCUT2D eigenvalue weighted by Crippen LogP contribution is -2.56. The van der Waals surface area contributed by atoms with Gasteiger partial charge in [0.1, 0.15) is 5.54 Å². The summed E-state index contributed by atoms with van der Waals surface area (Å²) in [6, 6.07) is 10.1. The van der Waals surface area contributed by atoms with Gasteiger partial charge in [0.25, 0.3) is 0 Å². The van der Waals surface area contributed by atoms with Gasteiger partial charge in [-0.15, -0.1) is 0 Å². The quantitative estimate of drug-likeness (QED) is 0.775. The van der Waals surface area contributed by atoms with E-state index in [9.17, 15) is 4.79 Å². The molecule has 20 heavy (non-hydrogen) atoms. The maximum absolute atomic E-state index is 12.7. The van der Waals surface area contributed by atoms with Crippen LogP contribution in [-0.4, -0.2) is 18.6 Å². The van der Waals surface area contributed by atoms with Crippen molar-refractivity contribution in [1.82, 2.24) is 5.32 Å². The van der Waals surface area contributed by atoms with Crippen LogP contribution in [0, 0.1) is 5.92 Å². The Balaban J connectivity index is 3.30.